The molecular weight excluding hydrogens is 150 g/mol. The van der Waals surface area contributed by atoms with Crippen LogP contribution in [0.25, 0.3) is 0 Å². The molecule has 50 valence electrons. The molecule has 1 nitrogen and oxygen atoms in total. The van der Waals surface area contributed by atoms with E-state index >= 15 is 0 Å². The zero-order valence-electron chi connectivity index (χ0n) is 5.84. The maximum absolute atomic E-state index is 2.20. The lowest BCUT2D eigenvalue weighted by Gasteiger charge is -1.84. The van der Waals surface area contributed by atoms with Gasteiger partial charge in [-0.05, 0) is 18.0 Å². The lowest BCUT2D eigenvalue weighted by atomic mass is 10.6. The Labute approximate surface area is 63.7 Å². The van der Waals surface area contributed by atoms with Gasteiger partial charge in [0.15, 0.2) is 5.69 Å². The van der Waals surface area contributed by atoms with Crippen LogP contribution in [0.3, 0.4) is 0 Å². The van der Waals surface area contributed by atoms with E-state index in [1.165, 1.54) is 10.0 Å². The van der Waals surface area contributed by atoms with Gasteiger partial charge in [0.1, 0.15) is 7.05 Å². The summed E-state index contributed by atoms with van der Waals surface area (Å²) in [5.41, 5.74) is 1.34. The van der Waals surface area contributed by atoms with Crippen LogP contribution in [-0.2, 0) is 7.05 Å². The number of aromatic nitrogens is 1. The maximum Gasteiger partial charge on any atom is 0.297 e. The first-order chi connectivity index (χ1) is 4.25. The van der Waals surface area contributed by atoms with Crippen molar-refractivity contribution in [3.63, 3.8) is 0 Å². The van der Waals surface area contributed by atoms with Crippen molar-refractivity contribution in [3.8, 4) is 0 Å². The van der Waals surface area contributed by atoms with Crippen molar-refractivity contribution >= 4 is 23.1 Å². The highest BCUT2D eigenvalue weighted by Crippen LogP contribution is 2.16. The van der Waals surface area contributed by atoms with E-state index in [1.807, 2.05) is 0 Å². The van der Waals surface area contributed by atoms with E-state index in [0.29, 0.717) is 0 Å². The lowest BCUT2D eigenvalue weighted by molar-refractivity contribution is -0.707. The summed E-state index contributed by atoms with van der Waals surface area (Å²) in [6, 6.07) is 0. The number of hydrogen-bond acceptors (Lipinski definition) is 2. The van der Waals surface area contributed by atoms with E-state index in [1.54, 1.807) is 23.1 Å². The zero-order chi connectivity index (χ0) is 6.85. The van der Waals surface area contributed by atoms with Crippen LogP contribution in [-0.4, -0.2) is 6.26 Å². The average Bonchev–Trinajstić information content (AvgIpc) is 2.15. The van der Waals surface area contributed by atoms with Crippen LogP contribution in [0.5, 0.6) is 0 Å². The molecule has 1 heterocycles. The Morgan fingerprint density at radius 3 is 2.56 bits per heavy atom. The molecule has 0 bridgehead atoms. The van der Waals surface area contributed by atoms with Gasteiger partial charge in [0, 0.05) is 6.92 Å². The monoisotopic (exact) mass is 160 g/mol. The molecule has 9 heavy (non-hydrogen) atoms. The van der Waals surface area contributed by atoms with Crippen LogP contribution in [0.2, 0.25) is 0 Å². The minimum atomic E-state index is 1.34. The van der Waals surface area contributed by atoms with Crippen molar-refractivity contribution in [2.24, 2.45) is 7.05 Å². The molecule has 0 unspecified atom stereocenters. The lowest BCUT2D eigenvalue weighted by Crippen LogP contribution is -2.30. The highest BCUT2D eigenvalue weighted by atomic mass is 32.2. The van der Waals surface area contributed by atoms with Crippen LogP contribution in [0.4, 0.5) is 0 Å². The molecule has 0 N–H and O–H groups in total. The Hall–Kier alpha value is -0.0200. The number of thioether (sulfide) groups is 1. The molecule has 0 aromatic carbocycles. The number of hydrogen-bond donors (Lipinski definition) is 0. The van der Waals surface area contributed by atoms with E-state index in [4.69, 9.17) is 0 Å². The molecule has 1 aromatic heterocycles. The molecular formula is C6H10NS2+. The largest absolute Gasteiger partial charge is 0.297 e. The normalized spacial score (nSPS) is 10.1. The summed E-state index contributed by atoms with van der Waals surface area (Å²) in [6.45, 7) is 2.12. The topological polar surface area (TPSA) is 3.88 Å². The summed E-state index contributed by atoms with van der Waals surface area (Å²) in [4.78, 5) is 0. The summed E-state index contributed by atoms with van der Waals surface area (Å²) < 4.78 is 3.57. The highest BCUT2D eigenvalue weighted by molar-refractivity contribution is 8.00. The SMILES string of the molecule is CSc1scc(C)[n+]1C. The average molecular weight is 160 g/mol. The highest BCUT2D eigenvalue weighted by Gasteiger charge is 2.09. The fraction of sp³-hybridized carbons (Fsp3) is 0.500. The number of thiazole rings is 1. The van der Waals surface area contributed by atoms with E-state index in [9.17, 15) is 0 Å². The predicted octanol–water partition coefficient (Wildman–Crippen LogP) is 1.60. The molecule has 0 fully saturated rings. The molecule has 0 aliphatic carbocycles. The second-order valence-electron chi connectivity index (χ2n) is 1.91. The smallest absolute Gasteiger partial charge is 0.184 e. The molecule has 3 heteroatoms. The molecule has 0 saturated carbocycles. The van der Waals surface area contributed by atoms with E-state index < -0.39 is 0 Å². The van der Waals surface area contributed by atoms with Crippen molar-refractivity contribution in [3.05, 3.63) is 11.1 Å². The number of aryl methyl sites for hydroxylation is 1. The fourth-order valence-corrected chi connectivity index (χ4v) is 2.30. The van der Waals surface area contributed by atoms with Crippen LogP contribution < -0.4 is 4.57 Å². The minimum absolute atomic E-state index is 1.34. The molecule has 0 atom stereocenters. The molecule has 0 saturated heterocycles. The van der Waals surface area contributed by atoms with Crippen LogP contribution in [0, 0.1) is 6.92 Å². The third-order valence-electron chi connectivity index (χ3n) is 1.31. The van der Waals surface area contributed by atoms with Gasteiger partial charge in [-0.3, -0.25) is 0 Å². The predicted molar refractivity (Wildman–Crippen MR) is 42.0 cm³/mol. The van der Waals surface area contributed by atoms with Crippen molar-refractivity contribution < 1.29 is 4.57 Å². The molecule has 0 spiro atoms. The first kappa shape index (κ1) is 7.09. The molecule has 1 rings (SSSR count). The van der Waals surface area contributed by atoms with Crippen LogP contribution in [0.1, 0.15) is 5.69 Å². The second kappa shape index (κ2) is 2.71. The van der Waals surface area contributed by atoms with Gasteiger partial charge in [-0.2, -0.15) is 4.57 Å². The summed E-state index contributed by atoms with van der Waals surface area (Å²) in [7, 11) is 2.09. The second-order valence-corrected chi connectivity index (χ2v) is 3.82. The van der Waals surface area contributed by atoms with Crippen LogP contribution >= 0.6 is 23.1 Å². The van der Waals surface area contributed by atoms with Crippen molar-refractivity contribution in [2.45, 2.75) is 11.3 Å². The van der Waals surface area contributed by atoms with Crippen molar-refractivity contribution in [1.82, 2.24) is 0 Å². The molecule has 0 amide bonds. The minimum Gasteiger partial charge on any atom is -0.184 e. The Morgan fingerprint density at radius 1 is 1.67 bits per heavy atom. The fourth-order valence-electron chi connectivity index (χ4n) is 0.623. The van der Waals surface area contributed by atoms with Crippen molar-refractivity contribution in [2.75, 3.05) is 6.26 Å². The van der Waals surface area contributed by atoms with Gasteiger partial charge in [0.05, 0.1) is 5.38 Å². The summed E-state index contributed by atoms with van der Waals surface area (Å²) in [5.74, 6) is 0. The van der Waals surface area contributed by atoms with Gasteiger partial charge in [-0.25, -0.2) is 0 Å². The third-order valence-corrected chi connectivity index (χ3v) is 3.65. The Kier molecular flexibility index (Phi) is 2.13. The van der Waals surface area contributed by atoms with Gasteiger partial charge in [-0.15, -0.1) is 0 Å². The van der Waals surface area contributed by atoms with Gasteiger partial charge in [0.2, 0.25) is 0 Å². The summed E-state index contributed by atoms with van der Waals surface area (Å²) in [6.07, 6.45) is 2.10. The van der Waals surface area contributed by atoms with Gasteiger partial charge < -0.3 is 0 Å². The third kappa shape index (κ3) is 1.27. The standard InChI is InChI=1S/C6H10NS2/c1-5-4-9-6(8-3)7(5)2/h4H,1-3H3/q+1. The molecule has 1 aromatic rings. The van der Waals surface area contributed by atoms with Crippen LogP contribution in [0.15, 0.2) is 9.72 Å². The number of rotatable bonds is 1. The molecule has 0 radical (unpaired) electrons. The first-order valence-electron chi connectivity index (χ1n) is 2.74. The first-order valence-corrected chi connectivity index (χ1v) is 4.84. The Morgan fingerprint density at radius 2 is 2.33 bits per heavy atom. The Balaban J connectivity index is 3.04. The van der Waals surface area contributed by atoms with Crippen molar-refractivity contribution in [1.29, 1.82) is 0 Å². The van der Waals surface area contributed by atoms with Gasteiger partial charge >= 0.3 is 0 Å². The quantitative estimate of drug-likeness (QED) is 0.446. The van der Waals surface area contributed by atoms with Gasteiger partial charge in [0.25, 0.3) is 4.34 Å². The summed E-state index contributed by atoms with van der Waals surface area (Å²) in [5, 5.41) is 2.17. The maximum atomic E-state index is 2.20. The van der Waals surface area contributed by atoms with E-state index in [0.717, 1.165) is 0 Å². The summed E-state index contributed by atoms with van der Waals surface area (Å²) >= 11 is 3.60. The number of nitrogens with zero attached hydrogens (tertiary/aromatic N) is 1. The van der Waals surface area contributed by atoms with E-state index in [-0.39, 0.29) is 0 Å². The van der Waals surface area contributed by atoms with Gasteiger partial charge in [-0.1, -0.05) is 11.3 Å². The molecule has 0 aliphatic heterocycles. The zero-order valence-corrected chi connectivity index (χ0v) is 7.47. The molecule has 0 aliphatic rings. The Bertz CT molecular complexity index is 205. The van der Waals surface area contributed by atoms with E-state index in [2.05, 4.69) is 30.2 Å².